The van der Waals surface area contributed by atoms with Gasteiger partial charge < -0.3 is 20.4 Å². The first-order valence-corrected chi connectivity index (χ1v) is 10.4. The van der Waals surface area contributed by atoms with Crippen LogP contribution in [0.5, 0.6) is 0 Å². The highest BCUT2D eigenvalue weighted by molar-refractivity contribution is 5.92. The van der Waals surface area contributed by atoms with Crippen LogP contribution >= 0.6 is 0 Å². The van der Waals surface area contributed by atoms with Crippen molar-refractivity contribution in [2.75, 3.05) is 31.5 Å². The van der Waals surface area contributed by atoms with Crippen LogP contribution in [0.15, 0.2) is 59.2 Å². The fraction of sp³-hybridized carbons (Fsp3) is 0.348. The lowest BCUT2D eigenvalue weighted by Crippen LogP contribution is -2.47. The Labute approximate surface area is 181 Å². The standard InChI is InChI=1S/C23H28N4O4/c28-21(9-8-20-7-4-16-31-20)24-13-10-22(29)25-19-11-14-27(15-12-19)17-23(30)26-18-5-2-1-3-6-18/h1-9,16,19H,10-15,17H2,(H,24,28)(H,25,29)(H,26,30)/b9-8+. The molecule has 1 aliphatic rings. The largest absolute Gasteiger partial charge is 0.465 e. The Bertz CT molecular complexity index is 872. The molecule has 31 heavy (non-hydrogen) atoms. The van der Waals surface area contributed by atoms with Crippen molar-refractivity contribution in [2.45, 2.75) is 25.3 Å². The second kappa shape index (κ2) is 11.7. The van der Waals surface area contributed by atoms with Crippen molar-refractivity contribution >= 4 is 29.5 Å². The van der Waals surface area contributed by atoms with Gasteiger partial charge in [0.05, 0.1) is 12.8 Å². The number of para-hydroxylation sites is 1. The first-order chi connectivity index (χ1) is 15.1. The minimum Gasteiger partial charge on any atom is -0.465 e. The lowest BCUT2D eigenvalue weighted by Gasteiger charge is -2.31. The molecule has 8 nitrogen and oxygen atoms in total. The van der Waals surface area contributed by atoms with Crippen LogP contribution in [0.4, 0.5) is 5.69 Å². The van der Waals surface area contributed by atoms with Crippen LogP contribution < -0.4 is 16.0 Å². The maximum absolute atomic E-state index is 12.2. The van der Waals surface area contributed by atoms with Crippen molar-refractivity contribution < 1.29 is 18.8 Å². The third kappa shape index (κ3) is 8.10. The zero-order valence-corrected chi connectivity index (χ0v) is 17.4. The molecule has 0 unspecified atom stereocenters. The molecule has 0 aliphatic carbocycles. The molecular weight excluding hydrogens is 396 g/mol. The van der Waals surface area contributed by atoms with E-state index in [0.717, 1.165) is 31.6 Å². The van der Waals surface area contributed by atoms with Gasteiger partial charge in [-0.15, -0.1) is 0 Å². The lowest BCUT2D eigenvalue weighted by molar-refractivity contribution is -0.123. The van der Waals surface area contributed by atoms with Gasteiger partial charge in [0.2, 0.25) is 17.7 Å². The molecule has 8 heteroatoms. The van der Waals surface area contributed by atoms with Crippen LogP contribution in [0.2, 0.25) is 0 Å². The Hall–Kier alpha value is -3.39. The van der Waals surface area contributed by atoms with Crippen molar-refractivity contribution in [2.24, 2.45) is 0 Å². The molecule has 3 rings (SSSR count). The summed E-state index contributed by atoms with van der Waals surface area (Å²) in [5.74, 6) is 0.198. The Morgan fingerprint density at radius 1 is 1.03 bits per heavy atom. The lowest BCUT2D eigenvalue weighted by atomic mass is 10.0. The van der Waals surface area contributed by atoms with Gasteiger partial charge in [-0.25, -0.2) is 0 Å². The number of nitrogens with one attached hydrogen (secondary N) is 3. The van der Waals surface area contributed by atoms with E-state index >= 15 is 0 Å². The molecule has 0 atom stereocenters. The molecule has 164 valence electrons. The number of benzene rings is 1. The van der Waals surface area contributed by atoms with Crippen molar-refractivity contribution in [3.8, 4) is 0 Å². The van der Waals surface area contributed by atoms with Gasteiger partial charge in [0, 0.05) is 43.9 Å². The normalized spacial score (nSPS) is 15.0. The van der Waals surface area contributed by atoms with E-state index in [-0.39, 0.29) is 36.7 Å². The summed E-state index contributed by atoms with van der Waals surface area (Å²) >= 11 is 0. The third-order valence-electron chi connectivity index (χ3n) is 4.97. The number of carbonyl (C=O) groups excluding carboxylic acids is 3. The first-order valence-electron chi connectivity index (χ1n) is 10.4. The smallest absolute Gasteiger partial charge is 0.244 e. The fourth-order valence-electron chi connectivity index (χ4n) is 3.36. The van der Waals surface area contributed by atoms with Crippen molar-refractivity contribution in [1.82, 2.24) is 15.5 Å². The van der Waals surface area contributed by atoms with E-state index < -0.39 is 0 Å². The molecule has 3 amide bonds. The first kappa shape index (κ1) is 22.3. The number of hydrogen-bond donors (Lipinski definition) is 3. The quantitative estimate of drug-likeness (QED) is 0.535. The highest BCUT2D eigenvalue weighted by Crippen LogP contribution is 2.11. The van der Waals surface area contributed by atoms with E-state index in [2.05, 4.69) is 20.9 Å². The topological polar surface area (TPSA) is 104 Å². The summed E-state index contributed by atoms with van der Waals surface area (Å²) in [7, 11) is 0. The molecule has 2 aromatic rings. The van der Waals surface area contributed by atoms with Gasteiger partial charge in [0.25, 0.3) is 0 Å². The number of nitrogens with zero attached hydrogens (tertiary/aromatic N) is 1. The monoisotopic (exact) mass is 424 g/mol. The molecule has 1 aliphatic heterocycles. The summed E-state index contributed by atoms with van der Waals surface area (Å²) in [6.45, 7) is 2.11. The molecule has 0 spiro atoms. The highest BCUT2D eigenvalue weighted by Gasteiger charge is 2.22. The second-order valence-electron chi connectivity index (χ2n) is 7.42. The van der Waals surface area contributed by atoms with Gasteiger partial charge in [0.1, 0.15) is 5.76 Å². The fourth-order valence-corrected chi connectivity index (χ4v) is 3.36. The summed E-state index contributed by atoms with van der Waals surface area (Å²) in [4.78, 5) is 38.1. The van der Waals surface area contributed by atoms with Crippen LogP contribution in [-0.4, -0.2) is 54.8 Å². The Morgan fingerprint density at radius 3 is 2.52 bits per heavy atom. The van der Waals surface area contributed by atoms with Crippen LogP contribution in [0.3, 0.4) is 0 Å². The zero-order valence-electron chi connectivity index (χ0n) is 17.4. The summed E-state index contributed by atoms with van der Waals surface area (Å²) < 4.78 is 5.11. The number of piperidine rings is 1. The van der Waals surface area contributed by atoms with Gasteiger partial charge in [-0.3, -0.25) is 19.3 Å². The second-order valence-corrected chi connectivity index (χ2v) is 7.42. The molecular formula is C23H28N4O4. The predicted molar refractivity (Wildman–Crippen MR) is 118 cm³/mol. The molecule has 0 saturated carbocycles. The van der Waals surface area contributed by atoms with Crippen LogP contribution in [0.1, 0.15) is 25.0 Å². The number of carbonyl (C=O) groups is 3. The van der Waals surface area contributed by atoms with Gasteiger partial charge in [-0.2, -0.15) is 0 Å². The molecule has 0 radical (unpaired) electrons. The van der Waals surface area contributed by atoms with E-state index in [4.69, 9.17) is 4.42 Å². The Balaban J connectivity index is 1.27. The summed E-state index contributed by atoms with van der Waals surface area (Å²) in [6.07, 6.45) is 6.29. The van der Waals surface area contributed by atoms with Crippen LogP contribution in [-0.2, 0) is 14.4 Å². The summed E-state index contributed by atoms with van der Waals surface area (Å²) in [6, 6.07) is 13.0. The summed E-state index contributed by atoms with van der Waals surface area (Å²) in [5, 5.41) is 8.58. The van der Waals surface area contributed by atoms with Gasteiger partial charge in [-0.05, 0) is 43.2 Å². The van der Waals surface area contributed by atoms with Crippen molar-refractivity contribution in [3.05, 3.63) is 60.6 Å². The van der Waals surface area contributed by atoms with Crippen LogP contribution in [0.25, 0.3) is 6.08 Å². The molecule has 1 fully saturated rings. The molecule has 3 N–H and O–H groups in total. The number of hydrogen-bond acceptors (Lipinski definition) is 5. The van der Waals surface area contributed by atoms with E-state index in [1.165, 1.54) is 12.3 Å². The van der Waals surface area contributed by atoms with E-state index in [0.29, 0.717) is 12.3 Å². The molecule has 0 bridgehead atoms. The highest BCUT2D eigenvalue weighted by atomic mass is 16.3. The number of likely N-dealkylation sites (tertiary alicyclic amines) is 1. The molecule has 1 aromatic heterocycles. The average Bonchev–Trinajstić information content (AvgIpc) is 3.28. The van der Waals surface area contributed by atoms with E-state index in [9.17, 15) is 14.4 Å². The summed E-state index contributed by atoms with van der Waals surface area (Å²) in [5.41, 5.74) is 0.790. The van der Waals surface area contributed by atoms with Gasteiger partial charge in [0.15, 0.2) is 0 Å². The minimum atomic E-state index is -0.272. The predicted octanol–water partition coefficient (Wildman–Crippen LogP) is 2.02. The minimum absolute atomic E-state index is 0.0366. The number of amides is 3. The Kier molecular flexibility index (Phi) is 8.42. The molecule has 2 heterocycles. The Morgan fingerprint density at radius 2 is 1.81 bits per heavy atom. The molecule has 1 saturated heterocycles. The van der Waals surface area contributed by atoms with E-state index in [1.807, 2.05) is 30.3 Å². The van der Waals surface area contributed by atoms with Crippen molar-refractivity contribution in [3.63, 3.8) is 0 Å². The van der Waals surface area contributed by atoms with Gasteiger partial charge in [-0.1, -0.05) is 18.2 Å². The SMILES string of the molecule is O=C(/C=C/c1ccco1)NCCC(=O)NC1CCN(CC(=O)Nc2ccccc2)CC1. The molecule has 1 aromatic carbocycles. The number of furan rings is 1. The van der Waals surface area contributed by atoms with Gasteiger partial charge >= 0.3 is 0 Å². The number of rotatable bonds is 9. The maximum Gasteiger partial charge on any atom is 0.244 e. The average molecular weight is 425 g/mol. The zero-order chi connectivity index (χ0) is 21.9. The van der Waals surface area contributed by atoms with E-state index in [1.54, 1.807) is 18.2 Å². The van der Waals surface area contributed by atoms with Crippen LogP contribution in [0, 0.1) is 0 Å². The maximum atomic E-state index is 12.2. The third-order valence-corrected chi connectivity index (χ3v) is 4.97. The van der Waals surface area contributed by atoms with Crippen molar-refractivity contribution in [1.29, 1.82) is 0 Å². The number of anilines is 1.